The molecule has 6 heteroatoms. The maximum absolute atomic E-state index is 13.8. The van der Waals surface area contributed by atoms with E-state index in [2.05, 4.69) is 4.98 Å². The topological polar surface area (TPSA) is 30.0 Å². The van der Waals surface area contributed by atoms with Gasteiger partial charge in [0.25, 0.3) is 0 Å². The largest absolute Gasteiger partial charge is 0.433 e. The highest BCUT2D eigenvalue weighted by Gasteiger charge is 2.31. The molecule has 2 rings (SSSR count). The summed E-state index contributed by atoms with van der Waals surface area (Å²) < 4.78 is 51.1. The van der Waals surface area contributed by atoms with Gasteiger partial charge >= 0.3 is 6.18 Å². The van der Waals surface area contributed by atoms with Gasteiger partial charge in [-0.1, -0.05) is 19.1 Å². The monoisotopic (exact) mass is 311 g/mol. The van der Waals surface area contributed by atoms with Crippen LogP contribution in [0.2, 0.25) is 0 Å². The molecule has 0 atom stereocenters. The smallest absolute Gasteiger partial charge is 0.294 e. The molecule has 0 amide bonds. The van der Waals surface area contributed by atoms with E-state index < -0.39 is 17.7 Å². The number of carbonyl (C=O) groups excluding carboxylic acids is 1. The van der Waals surface area contributed by atoms with Gasteiger partial charge in [0.05, 0.1) is 5.56 Å². The summed E-state index contributed by atoms with van der Waals surface area (Å²) in [5.41, 5.74) is 0.150. The Hall–Kier alpha value is -2.24. The molecule has 2 nitrogen and oxygen atoms in total. The van der Waals surface area contributed by atoms with Crippen molar-refractivity contribution in [2.45, 2.75) is 25.9 Å². The number of alkyl halides is 3. The average molecular weight is 311 g/mol. The molecular formula is C16H13F4NO. The highest BCUT2D eigenvalue weighted by atomic mass is 19.4. The zero-order valence-corrected chi connectivity index (χ0v) is 11.7. The molecule has 2 aromatic rings. The van der Waals surface area contributed by atoms with Gasteiger partial charge in [-0.25, -0.2) is 4.39 Å². The van der Waals surface area contributed by atoms with Gasteiger partial charge in [-0.2, -0.15) is 13.2 Å². The first kappa shape index (κ1) is 16.1. The van der Waals surface area contributed by atoms with Crippen molar-refractivity contribution in [1.29, 1.82) is 0 Å². The van der Waals surface area contributed by atoms with E-state index in [0.717, 1.165) is 12.3 Å². The van der Waals surface area contributed by atoms with E-state index in [0.29, 0.717) is 11.1 Å². The van der Waals surface area contributed by atoms with Crippen molar-refractivity contribution in [3.05, 3.63) is 64.7 Å². The number of nitrogens with zero attached hydrogens (tertiary/aromatic N) is 1. The lowest BCUT2D eigenvalue weighted by Gasteiger charge is -2.07. The Labute approximate surface area is 124 Å². The zero-order valence-electron chi connectivity index (χ0n) is 11.7. The number of carbonyl (C=O) groups is 1. The summed E-state index contributed by atoms with van der Waals surface area (Å²) in [6.45, 7) is 1.64. The quantitative estimate of drug-likeness (QED) is 0.618. The van der Waals surface area contributed by atoms with Crippen molar-refractivity contribution >= 4 is 5.78 Å². The number of hydrogen-bond donors (Lipinski definition) is 0. The molecule has 0 radical (unpaired) electrons. The van der Waals surface area contributed by atoms with Crippen LogP contribution in [0, 0.1) is 5.82 Å². The molecule has 0 aliphatic rings. The Bertz CT molecular complexity index is 678. The molecule has 1 heterocycles. The van der Waals surface area contributed by atoms with Gasteiger partial charge in [0.2, 0.25) is 0 Å². The van der Waals surface area contributed by atoms with Gasteiger partial charge < -0.3 is 0 Å². The molecule has 0 spiro atoms. The van der Waals surface area contributed by atoms with Crippen LogP contribution in [0.1, 0.15) is 40.5 Å². The maximum Gasteiger partial charge on any atom is 0.433 e. The van der Waals surface area contributed by atoms with E-state index >= 15 is 0 Å². The van der Waals surface area contributed by atoms with E-state index in [-0.39, 0.29) is 24.2 Å². The summed E-state index contributed by atoms with van der Waals surface area (Å²) >= 11 is 0. The number of benzene rings is 1. The predicted octanol–water partition coefficient (Wildman–Crippen LogP) is 4.42. The summed E-state index contributed by atoms with van der Waals surface area (Å²) in [4.78, 5) is 14.8. The van der Waals surface area contributed by atoms with Crippen LogP contribution in [-0.2, 0) is 12.6 Å². The van der Waals surface area contributed by atoms with Crippen LogP contribution in [-0.4, -0.2) is 10.8 Å². The van der Waals surface area contributed by atoms with E-state index in [1.807, 2.05) is 0 Å². The van der Waals surface area contributed by atoms with Crippen molar-refractivity contribution in [2.75, 3.05) is 0 Å². The van der Waals surface area contributed by atoms with Crippen LogP contribution >= 0.6 is 0 Å². The number of ketones is 1. The number of halogens is 4. The lowest BCUT2D eigenvalue weighted by atomic mass is 10.0. The van der Waals surface area contributed by atoms with E-state index in [1.165, 1.54) is 18.2 Å². The molecular weight excluding hydrogens is 298 g/mol. The molecule has 0 saturated carbocycles. The highest BCUT2D eigenvalue weighted by molar-refractivity contribution is 5.96. The van der Waals surface area contributed by atoms with Crippen LogP contribution in [0.4, 0.5) is 17.6 Å². The molecule has 1 aromatic heterocycles. The third-order valence-corrected chi connectivity index (χ3v) is 3.18. The van der Waals surface area contributed by atoms with Crippen LogP contribution in [0.25, 0.3) is 0 Å². The summed E-state index contributed by atoms with van der Waals surface area (Å²) in [7, 11) is 0. The first-order valence-electron chi connectivity index (χ1n) is 6.65. The third-order valence-electron chi connectivity index (χ3n) is 3.18. The molecule has 0 saturated heterocycles. The number of hydrogen-bond acceptors (Lipinski definition) is 2. The first-order chi connectivity index (χ1) is 10.3. The lowest BCUT2D eigenvalue weighted by molar-refractivity contribution is -0.141. The molecule has 1 aromatic carbocycles. The highest BCUT2D eigenvalue weighted by Crippen LogP contribution is 2.27. The van der Waals surface area contributed by atoms with Gasteiger partial charge in [0.1, 0.15) is 11.5 Å². The molecule has 116 valence electrons. The molecule has 0 unspecified atom stereocenters. The normalized spacial score (nSPS) is 11.5. The molecule has 0 bridgehead atoms. The van der Waals surface area contributed by atoms with Crippen LogP contribution in [0.5, 0.6) is 0 Å². The van der Waals surface area contributed by atoms with Gasteiger partial charge in [0, 0.05) is 12.6 Å². The minimum atomic E-state index is -4.48. The van der Waals surface area contributed by atoms with Gasteiger partial charge in [-0.15, -0.1) is 0 Å². The second-order valence-electron chi connectivity index (χ2n) is 4.82. The average Bonchev–Trinajstić information content (AvgIpc) is 2.46. The third kappa shape index (κ3) is 3.69. The van der Waals surface area contributed by atoms with Gasteiger partial charge in [-0.05, 0) is 35.7 Å². The Morgan fingerprint density at radius 1 is 1.14 bits per heavy atom. The molecule has 0 fully saturated rings. The second kappa shape index (κ2) is 6.25. The number of aromatic nitrogens is 1. The van der Waals surface area contributed by atoms with Crippen molar-refractivity contribution in [2.24, 2.45) is 0 Å². The lowest BCUT2D eigenvalue weighted by Crippen LogP contribution is -2.07. The Kier molecular flexibility index (Phi) is 4.59. The first-order valence-corrected chi connectivity index (χ1v) is 6.65. The summed E-state index contributed by atoms with van der Waals surface area (Å²) in [6.07, 6.45) is -2.92. The van der Waals surface area contributed by atoms with Crippen molar-refractivity contribution in [3.8, 4) is 0 Å². The molecule has 22 heavy (non-hydrogen) atoms. The van der Waals surface area contributed by atoms with Crippen molar-refractivity contribution in [1.82, 2.24) is 4.98 Å². The predicted molar refractivity (Wildman–Crippen MR) is 73.1 cm³/mol. The zero-order chi connectivity index (χ0) is 16.3. The van der Waals surface area contributed by atoms with Gasteiger partial charge in [0.15, 0.2) is 5.78 Å². The summed E-state index contributed by atoms with van der Waals surface area (Å²) in [5, 5.41) is 0. The van der Waals surface area contributed by atoms with E-state index in [4.69, 9.17) is 0 Å². The maximum atomic E-state index is 13.8. The Morgan fingerprint density at radius 2 is 1.82 bits per heavy atom. The van der Waals surface area contributed by atoms with Crippen molar-refractivity contribution in [3.63, 3.8) is 0 Å². The molecule has 0 N–H and O–H groups in total. The number of rotatable bonds is 4. The second-order valence-corrected chi connectivity index (χ2v) is 4.82. The van der Waals surface area contributed by atoms with Crippen LogP contribution < -0.4 is 0 Å². The number of Topliss-reactive ketones (excluding diaryl/α,β-unsaturated/α-hetero) is 1. The Balaban J connectivity index is 2.17. The standard InChI is InChI=1S/C16H13F4NO/c1-2-14(22)12-5-3-10(8-13(12)17)7-11-4-6-15(21-9-11)16(18,19)20/h3-6,8-9H,2,7H2,1H3. The van der Waals surface area contributed by atoms with Crippen molar-refractivity contribution < 1.29 is 22.4 Å². The molecule has 0 aliphatic heterocycles. The van der Waals surface area contributed by atoms with Gasteiger partial charge in [-0.3, -0.25) is 9.78 Å². The number of pyridine rings is 1. The fraction of sp³-hybridized carbons (Fsp3) is 0.250. The SMILES string of the molecule is CCC(=O)c1ccc(Cc2ccc(C(F)(F)F)nc2)cc1F. The fourth-order valence-corrected chi connectivity index (χ4v) is 2.02. The minimum absolute atomic E-state index is 0.0248. The van der Waals surface area contributed by atoms with E-state index in [9.17, 15) is 22.4 Å². The van der Waals surface area contributed by atoms with E-state index in [1.54, 1.807) is 13.0 Å². The Morgan fingerprint density at radius 3 is 2.32 bits per heavy atom. The fourth-order valence-electron chi connectivity index (χ4n) is 2.02. The molecule has 0 aliphatic carbocycles. The minimum Gasteiger partial charge on any atom is -0.294 e. The van der Waals surface area contributed by atoms with Crippen LogP contribution in [0.15, 0.2) is 36.5 Å². The summed E-state index contributed by atoms with van der Waals surface area (Å²) in [5.74, 6) is -0.913. The summed E-state index contributed by atoms with van der Waals surface area (Å²) in [6, 6.07) is 6.40. The van der Waals surface area contributed by atoms with Crippen LogP contribution in [0.3, 0.4) is 0 Å².